The van der Waals surface area contributed by atoms with Crippen molar-refractivity contribution in [2.75, 3.05) is 32.7 Å². The average Bonchev–Trinajstić information content (AvgIpc) is 2.70. The van der Waals surface area contributed by atoms with Gasteiger partial charge in [0.05, 0.1) is 13.1 Å². The van der Waals surface area contributed by atoms with Crippen LogP contribution in [0.3, 0.4) is 0 Å². The predicted octanol–water partition coefficient (Wildman–Crippen LogP) is 1.73. The molecule has 4 nitrogen and oxygen atoms in total. The summed E-state index contributed by atoms with van der Waals surface area (Å²) in [6.07, 6.45) is -4.11. The molecular formula is C13H20F3N3O. The molecule has 0 unspecified atom stereocenters. The summed E-state index contributed by atoms with van der Waals surface area (Å²) in [7, 11) is 0. The van der Waals surface area contributed by atoms with Crippen molar-refractivity contribution >= 4 is 0 Å². The first-order valence-corrected chi connectivity index (χ1v) is 6.67. The van der Waals surface area contributed by atoms with E-state index in [4.69, 9.17) is 10.2 Å². The van der Waals surface area contributed by atoms with Gasteiger partial charge in [-0.2, -0.15) is 13.2 Å². The number of piperazine rings is 1. The third-order valence-electron chi connectivity index (χ3n) is 3.54. The first-order chi connectivity index (χ1) is 9.37. The molecule has 0 atom stereocenters. The Labute approximate surface area is 116 Å². The Balaban J connectivity index is 1.82. The van der Waals surface area contributed by atoms with Crippen molar-refractivity contribution in [3.63, 3.8) is 0 Å². The fourth-order valence-corrected chi connectivity index (χ4v) is 2.45. The number of nitrogens with two attached hydrogens (primary N) is 1. The Morgan fingerprint density at radius 2 is 1.80 bits per heavy atom. The first kappa shape index (κ1) is 15.3. The number of rotatable bonds is 4. The Bertz CT molecular complexity index is 437. The molecule has 1 aromatic heterocycles. The monoisotopic (exact) mass is 291 g/mol. The zero-order valence-electron chi connectivity index (χ0n) is 11.5. The summed E-state index contributed by atoms with van der Waals surface area (Å²) in [5, 5.41) is 0. The number of furan rings is 1. The van der Waals surface area contributed by atoms with Crippen molar-refractivity contribution in [1.82, 2.24) is 9.80 Å². The van der Waals surface area contributed by atoms with Crippen LogP contribution in [0.15, 0.2) is 10.5 Å². The molecule has 7 heteroatoms. The highest BCUT2D eigenvalue weighted by Crippen LogP contribution is 2.19. The predicted molar refractivity (Wildman–Crippen MR) is 69.1 cm³/mol. The van der Waals surface area contributed by atoms with Crippen LogP contribution in [0.1, 0.15) is 17.1 Å². The second-order valence-electron chi connectivity index (χ2n) is 5.17. The van der Waals surface area contributed by atoms with E-state index in [0.717, 1.165) is 17.1 Å². The molecule has 2 heterocycles. The van der Waals surface area contributed by atoms with E-state index in [-0.39, 0.29) is 0 Å². The summed E-state index contributed by atoms with van der Waals surface area (Å²) in [5.41, 5.74) is 6.57. The number of nitrogens with zero attached hydrogens (tertiary/aromatic N) is 2. The highest BCUT2D eigenvalue weighted by atomic mass is 19.4. The van der Waals surface area contributed by atoms with Crippen LogP contribution >= 0.6 is 0 Å². The van der Waals surface area contributed by atoms with Gasteiger partial charge < -0.3 is 10.2 Å². The lowest BCUT2D eigenvalue weighted by atomic mass is 10.2. The highest BCUT2D eigenvalue weighted by Gasteiger charge is 2.32. The quantitative estimate of drug-likeness (QED) is 0.917. The summed E-state index contributed by atoms with van der Waals surface area (Å²) in [6, 6.07) is 1.93. The van der Waals surface area contributed by atoms with E-state index in [1.807, 2.05) is 13.0 Å². The third kappa shape index (κ3) is 4.22. The molecule has 20 heavy (non-hydrogen) atoms. The SMILES string of the molecule is Cc1oc(CN2CCN(CC(F)(F)F)CC2)cc1CN. The lowest BCUT2D eigenvalue weighted by Crippen LogP contribution is -2.48. The molecule has 0 aromatic carbocycles. The van der Waals surface area contributed by atoms with Gasteiger partial charge in [-0.1, -0.05) is 0 Å². The van der Waals surface area contributed by atoms with Crippen LogP contribution in [-0.4, -0.2) is 48.7 Å². The Kier molecular flexibility index (Phi) is 4.72. The molecule has 0 saturated carbocycles. The molecule has 1 fully saturated rings. The number of hydrogen-bond donors (Lipinski definition) is 1. The van der Waals surface area contributed by atoms with Gasteiger partial charge in [-0.25, -0.2) is 0 Å². The van der Waals surface area contributed by atoms with Gasteiger partial charge in [-0.3, -0.25) is 9.80 Å². The molecule has 2 N–H and O–H groups in total. The lowest BCUT2D eigenvalue weighted by Gasteiger charge is -2.34. The van der Waals surface area contributed by atoms with E-state index in [0.29, 0.717) is 39.3 Å². The molecule has 0 spiro atoms. The minimum absolute atomic E-state index is 0.433. The molecule has 0 bridgehead atoms. The van der Waals surface area contributed by atoms with Crippen LogP contribution in [0.4, 0.5) is 13.2 Å². The van der Waals surface area contributed by atoms with Crippen molar-refractivity contribution < 1.29 is 17.6 Å². The lowest BCUT2D eigenvalue weighted by molar-refractivity contribution is -0.149. The van der Waals surface area contributed by atoms with E-state index in [2.05, 4.69) is 4.90 Å². The standard InChI is InChI=1S/C13H20F3N3O/c1-10-11(7-17)6-12(20-10)8-18-2-4-19(5-3-18)9-13(14,15)16/h6H,2-5,7-9,17H2,1H3. The molecular weight excluding hydrogens is 271 g/mol. The summed E-state index contributed by atoms with van der Waals surface area (Å²) >= 11 is 0. The zero-order valence-corrected chi connectivity index (χ0v) is 11.5. The van der Waals surface area contributed by atoms with E-state index in [1.165, 1.54) is 4.90 Å². The van der Waals surface area contributed by atoms with Crippen LogP contribution in [0.2, 0.25) is 0 Å². The summed E-state index contributed by atoms with van der Waals surface area (Å²) in [4.78, 5) is 3.54. The smallest absolute Gasteiger partial charge is 0.401 e. The minimum atomic E-state index is -4.11. The second-order valence-corrected chi connectivity index (χ2v) is 5.17. The molecule has 1 saturated heterocycles. The zero-order chi connectivity index (χ0) is 14.8. The van der Waals surface area contributed by atoms with Crippen LogP contribution in [0.5, 0.6) is 0 Å². The number of hydrogen-bond acceptors (Lipinski definition) is 4. The molecule has 2 rings (SSSR count). The first-order valence-electron chi connectivity index (χ1n) is 6.67. The third-order valence-corrected chi connectivity index (χ3v) is 3.54. The van der Waals surface area contributed by atoms with Crippen LogP contribution in [-0.2, 0) is 13.1 Å². The maximum atomic E-state index is 12.3. The number of aryl methyl sites for hydroxylation is 1. The van der Waals surface area contributed by atoms with Gasteiger partial charge in [-0.15, -0.1) is 0 Å². The second kappa shape index (κ2) is 6.15. The Hall–Kier alpha value is -1.05. The molecule has 0 radical (unpaired) electrons. The normalized spacial score (nSPS) is 18.6. The molecule has 114 valence electrons. The molecule has 1 aromatic rings. The van der Waals surface area contributed by atoms with Gasteiger partial charge in [0.1, 0.15) is 11.5 Å². The van der Waals surface area contributed by atoms with Crippen LogP contribution < -0.4 is 5.73 Å². The minimum Gasteiger partial charge on any atom is -0.465 e. The Morgan fingerprint density at radius 3 is 2.30 bits per heavy atom. The molecule has 1 aliphatic heterocycles. The van der Waals surface area contributed by atoms with Gasteiger partial charge in [0.25, 0.3) is 0 Å². The Morgan fingerprint density at radius 1 is 1.20 bits per heavy atom. The van der Waals surface area contributed by atoms with E-state index >= 15 is 0 Å². The molecule has 0 amide bonds. The van der Waals surface area contributed by atoms with Crippen molar-refractivity contribution in [1.29, 1.82) is 0 Å². The summed E-state index contributed by atoms with van der Waals surface area (Å²) in [5.74, 6) is 1.64. The van der Waals surface area contributed by atoms with Gasteiger partial charge in [0.15, 0.2) is 0 Å². The van der Waals surface area contributed by atoms with Crippen molar-refractivity contribution in [3.05, 3.63) is 23.2 Å². The average molecular weight is 291 g/mol. The summed E-state index contributed by atoms with van der Waals surface area (Å²) < 4.78 is 42.5. The van der Waals surface area contributed by atoms with Crippen LogP contribution in [0.25, 0.3) is 0 Å². The molecule has 0 aliphatic carbocycles. The van der Waals surface area contributed by atoms with Crippen molar-refractivity contribution in [2.24, 2.45) is 5.73 Å². The fourth-order valence-electron chi connectivity index (χ4n) is 2.45. The van der Waals surface area contributed by atoms with Gasteiger partial charge in [0, 0.05) is 38.3 Å². The maximum absolute atomic E-state index is 12.3. The topological polar surface area (TPSA) is 45.6 Å². The van der Waals surface area contributed by atoms with Crippen LogP contribution in [0, 0.1) is 6.92 Å². The van der Waals surface area contributed by atoms with E-state index < -0.39 is 12.7 Å². The van der Waals surface area contributed by atoms with Crippen molar-refractivity contribution in [3.8, 4) is 0 Å². The van der Waals surface area contributed by atoms with Gasteiger partial charge >= 0.3 is 6.18 Å². The van der Waals surface area contributed by atoms with E-state index in [9.17, 15) is 13.2 Å². The van der Waals surface area contributed by atoms with Gasteiger partial charge in [0.2, 0.25) is 0 Å². The largest absolute Gasteiger partial charge is 0.465 e. The number of alkyl halides is 3. The fraction of sp³-hybridized carbons (Fsp3) is 0.692. The highest BCUT2D eigenvalue weighted by molar-refractivity contribution is 5.20. The van der Waals surface area contributed by atoms with Crippen molar-refractivity contribution in [2.45, 2.75) is 26.2 Å². The summed E-state index contributed by atoms with van der Waals surface area (Å²) in [6.45, 7) is 4.22. The molecule has 1 aliphatic rings. The van der Waals surface area contributed by atoms with Gasteiger partial charge in [-0.05, 0) is 13.0 Å². The number of halogens is 3. The maximum Gasteiger partial charge on any atom is 0.401 e. The van der Waals surface area contributed by atoms with E-state index in [1.54, 1.807) is 0 Å².